The van der Waals surface area contributed by atoms with Crippen LogP contribution in [-0.4, -0.2) is 29.7 Å². The second-order valence-electron chi connectivity index (χ2n) is 6.32. The van der Waals surface area contributed by atoms with E-state index in [4.69, 9.17) is 4.52 Å². The Kier molecular flexibility index (Phi) is 6.50. The Labute approximate surface area is 147 Å². The monoisotopic (exact) mass is 347 g/mol. The maximum absolute atomic E-state index is 13.7. The molecule has 0 spiro atoms. The summed E-state index contributed by atoms with van der Waals surface area (Å²) in [4.78, 5) is 8.53. The molecule has 0 aliphatic heterocycles. The lowest BCUT2D eigenvalue weighted by Crippen LogP contribution is -2.39. The van der Waals surface area contributed by atoms with Crippen LogP contribution in [0.1, 0.15) is 55.6 Å². The van der Waals surface area contributed by atoms with Crippen LogP contribution in [0.2, 0.25) is 0 Å². The van der Waals surface area contributed by atoms with E-state index in [-0.39, 0.29) is 17.8 Å². The lowest BCUT2D eigenvalue weighted by atomic mass is 10.1. The first-order chi connectivity index (χ1) is 11.9. The van der Waals surface area contributed by atoms with Crippen molar-refractivity contribution in [2.45, 2.75) is 46.1 Å². The van der Waals surface area contributed by atoms with Crippen LogP contribution in [0.15, 0.2) is 27.7 Å². The SMILES string of the molecule is CN=C(NCCc1nc(C(C)C)no1)NC(C)c1ccc(C)c(F)c1. The Balaban J connectivity index is 1.86. The number of nitrogens with zero attached hydrogens (tertiary/aromatic N) is 3. The molecule has 0 saturated carbocycles. The third kappa shape index (κ3) is 5.27. The quantitative estimate of drug-likeness (QED) is 0.620. The molecule has 2 aromatic rings. The van der Waals surface area contributed by atoms with Crippen molar-refractivity contribution in [3.05, 3.63) is 46.9 Å². The smallest absolute Gasteiger partial charge is 0.228 e. The molecule has 7 heteroatoms. The average Bonchev–Trinajstić information content (AvgIpc) is 3.05. The molecule has 1 heterocycles. The topological polar surface area (TPSA) is 75.3 Å². The van der Waals surface area contributed by atoms with Gasteiger partial charge in [-0.15, -0.1) is 0 Å². The highest BCUT2D eigenvalue weighted by Gasteiger charge is 2.11. The molecule has 1 atom stereocenters. The molecule has 0 aliphatic carbocycles. The highest BCUT2D eigenvalue weighted by Crippen LogP contribution is 2.16. The van der Waals surface area contributed by atoms with Gasteiger partial charge in [-0.1, -0.05) is 31.1 Å². The van der Waals surface area contributed by atoms with Gasteiger partial charge in [0.2, 0.25) is 5.89 Å². The van der Waals surface area contributed by atoms with E-state index >= 15 is 0 Å². The van der Waals surface area contributed by atoms with Crippen LogP contribution in [0.25, 0.3) is 0 Å². The minimum absolute atomic E-state index is 0.0720. The molecule has 1 aromatic heterocycles. The number of aromatic nitrogens is 2. The largest absolute Gasteiger partial charge is 0.356 e. The Morgan fingerprint density at radius 1 is 1.32 bits per heavy atom. The van der Waals surface area contributed by atoms with Crippen LogP contribution in [0, 0.1) is 12.7 Å². The number of guanidine groups is 1. The zero-order chi connectivity index (χ0) is 18.4. The summed E-state index contributed by atoms with van der Waals surface area (Å²) in [5.74, 6) is 1.99. The maximum atomic E-state index is 13.7. The summed E-state index contributed by atoms with van der Waals surface area (Å²) in [7, 11) is 1.70. The van der Waals surface area contributed by atoms with Gasteiger partial charge in [0.25, 0.3) is 0 Å². The number of aryl methyl sites for hydroxylation is 1. The van der Waals surface area contributed by atoms with Crippen LogP contribution < -0.4 is 10.6 Å². The maximum Gasteiger partial charge on any atom is 0.228 e. The fraction of sp³-hybridized carbons (Fsp3) is 0.500. The molecule has 2 N–H and O–H groups in total. The highest BCUT2D eigenvalue weighted by molar-refractivity contribution is 5.80. The molecule has 0 saturated heterocycles. The lowest BCUT2D eigenvalue weighted by Gasteiger charge is -2.18. The number of hydrogen-bond acceptors (Lipinski definition) is 4. The first kappa shape index (κ1) is 18.9. The number of hydrogen-bond donors (Lipinski definition) is 2. The van der Waals surface area contributed by atoms with Crippen molar-refractivity contribution in [3.63, 3.8) is 0 Å². The molecular formula is C18H26FN5O. The molecule has 136 valence electrons. The summed E-state index contributed by atoms with van der Waals surface area (Å²) in [6.07, 6.45) is 0.605. The molecule has 2 rings (SSSR count). The Morgan fingerprint density at radius 3 is 2.68 bits per heavy atom. The number of halogens is 1. The zero-order valence-corrected chi connectivity index (χ0v) is 15.4. The van der Waals surface area contributed by atoms with Gasteiger partial charge in [-0.25, -0.2) is 4.39 Å². The molecule has 0 amide bonds. The van der Waals surface area contributed by atoms with Crippen molar-refractivity contribution in [3.8, 4) is 0 Å². The van der Waals surface area contributed by atoms with Gasteiger partial charge in [0.05, 0.1) is 6.04 Å². The first-order valence-corrected chi connectivity index (χ1v) is 8.46. The summed E-state index contributed by atoms with van der Waals surface area (Å²) >= 11 is 0. The van der Waals surface area contributed by atoms with Crippen molar-refractivity contribution in [2.24, 2.45) is 4.99 Å². The van der Waals surface area contributed by atoms with Crippen molar-refractivity contribution >= 4 is 5.96 Å². The van der Waals surface area contributed by atoms with E-state index in [1.54, 1.807) is 26.1 Å². The molecule has 0 aliphatic rings. The number of aliphatic imine (C=N–C) groups is 1. The van der Waals surface area contributed by atoms with E-state index in [1.165, 1.54) is 0 Å². The molecule has 1 unspecified atom stereocenters. The molecule has 6 nitrogen and oxygen atoms in total. The number of rotatable bonds is 6. The highest BCUT2D eigenvalue weighted by atomic mass is 19.1. The first-order valence-electron chi connectivity index (χ1n) is 8.46. The van der Waals surface area contributed by atoms with Gasteiger partial charge < -0.3 is 15.2 Å². The number of nitrogens with one attached hydrogen (secondary N) is 2. The third-order valence-electron chi connectivity index (χ3n) is 3.90. The standard InChI is InChI=1S/C18H26FN5O/c1-11(2)17-23-16(25-24-17)8-9-21-18(20-5)22-13(4)14-7-6-12(3)15(19)10-14/h6-7,10-11,13H,8-9H2,1-5H3,(H2,20,21,22). The van der Waals surface area contributed by atoms with Crippen molar-refractivity contribution in [1.29, 1.82) is 0 Å². The van der Waals surface area contributed by atoms with Gasteiger partial charge in [0, 0.05) is 25.9 Å². The van der Waals surface area contributed by atoms with Gasteiger partial charge in [0.1, 0.15) is 5.82 Å². The lowest BCUT2D eigenvalue weighted by molar-refractivity contribution is 0.371. The van der Waals surface area contributed by atoms with Crippen molar-refractivity contribution in [2.75, 3.05) is 13.6 Å². The van der Waals surface area contributed by atoms with E-state index in [0.717, 1.165) is 5.56 Å². The van der Waals surface area contributed by atoms with Crippen LogP contribution in [0.5, 0.6) is 0 Å². The van der Waals surface area contributed by atoms with Crippen LogP contribution in [0.4, 0.5) is 4.39 Å². The van der Waals surface area contributed by atoms with E-state index in [9.17, 15) is 4.39 Å². The Bertz CT molecular complexity index is 726. The van der Waals surface area contributed by atoms with Gasteiger partial charge >= 0.3 is 0 Å². The van der Waals surface area contributed by atoms with E-state index in [2.05, 4.69) is 25.8 Å². The van der Waals surface area contributed by atoms with Gasteiger partial charge in [-0.3, -0.25) is 4.99 Å². The summed E-state index contributed by atoms with van der Waals surface area (Å²) in [5, 5.41) is 10.4. The fourth-order valence-corrected chi connectivity index (χ4v) is 2.25. The predicted molar refractivity (Wildman–Crippen MR) is 96.1 cm³/mol. The van der Waals surface area contributed by atoms with Gasteiger partial charge in [0.15, 0.2) is 11.8 Å². The van der Waals surface area contributed by atoms with Crippen LogP contribution in [-0.2, 0) is 6.42 Å². The minimum atomic E-state index is -0.202. The minimum Gasteiger partial charge on any atom is -0.356 e. The summed E-state index contributed by atoms with van der Waals surface area (Å²) in [6.45, 7) is 8.36. The summed E-state index contributed by atoms with van der Waals surface area (Å²) in [5.41, 5.74) is 1.50. The van der Waals surface area contributed by atoms with Crippen LogP contribution >= 0.6 is 0 Å². The van der Waals surface area contributed by atoms with Crippen molar-refractivity contribution < 1.29 is 8.91 Å². The Morgan fingerprint density at radius 2 is 2.08 bits per heavy atom. The van der Waals surface area contributed by atoms with E-state index in [0.29, 0.717) is 36.2 Å². The molecule has 0 radical (unpaired) electrons. The fourth-order valence-electron chi connectivity index (χ4n) is 2.25. The van der Waals surface area contributed by atoms with Crippen LogP contribution in [0.3, 0.4) is 0 Å². The second kappa shape index (κ2) is 8.60. The summed E-state index contributed by atoms with van der Waals surface area (Å²) < 4.78 is 18.9. The summed E-state index contributed by atoms with van der Waals surface area (Å²) in [6, 6.07) is 5.17. The molecule has 0 fully saturated rings. The van der Waals surface area contributed by atoms with Gasteiger partial charge in [-0.05, 0) is 31.0 Å². The number of benzene rings is 1. The normalized spacial score (nSPS) is 13.2. The predicted octanol–water partition coefficient (Wildman–Crippen LogP) is 3.11. The van der Waals surface area contributed by atoms with E-state index < -0.39 is 0 Å². The molecular weight excluding hydrogens is 321 g/mol. The average molecular weight is 347 g/mol. The molecule has 25 heavy (non-hydrogen) atoms. The Hall–Kier alpha value is -2.44. The second-order valence-corrected chi connectivity index (χ2v) is 6.32. The van der Waals surface area contributed by atoms with Crippen molar-refractivity contribution in [1.82, 2.24) is 20.8 Å². The molecule has 1 aromatic carbocycles. The zero-order valence-electron chi connectivity index (χ0n) is 15.4. The van der Waals surface area contributed by atoms with Gasteiger partial charge in [-0.2, -0.15) is 4.98 Å². The molecule has 0 bridgehead atoms. The van der Waals surface area contributed by atoms with E-state index in [1.807, 2.05) is 26.8 Å². The third-order valence-corrected chi connectivity index (χ3v) is 3.90.